The lowest BCUT2D eigenvalue weighted by Crippen LogP contribution is -2.37. The minimum atomic E-state index is 0.808. The van der Waals surface area contributed by atoms with Gasteiger partial charge < -0.3 is 10.6 Å². The van der Waals surface area contributed by atoms with Crippen LogP contribution in [0.25, 0.3) is 0 Å². The van der Waals surface area contributed by atoms with E-state index in [-0.39, 0.29) is 0 Å². The zero-order chi connectivity index (χ0) is 17.6. The molecule has 3 heteroatoms. The summed E-state index contributed by atoms with van der Waals surface area (Å²) in [6, 6.07) is 1.75. The van der Waals surface area contributed by atoms with Crippen molar-refractivity contribution < 1.29 is 0 Å². The van der Waals surface area contributed by atoms with Gasteiger partial charge in [0.2, 0.25) is 0 Å². The van der Waals surface area contributed by atoms with Gasteiger partial charge in [-0.3, -0.25) is 0 Å². The van der Waals surface area contributed by atoms with Gasteiger partial charge in [0.15, 0.2) is 0 Å². The van der Waals surface area contributed by atoms with E-state index in [1.54, 1.807) is 6.07 Å². The molecule has 0 radical (unpaired) electrons. The molecular formula is C20H27N3. The van der Waals surface area contributed by atoms with Crippen LogP contribution in [-0.4, -0.2) is 18.0 Å². The monoisotopic (exact) mass is 309 g/mol. The van der Waals surface area contributed by atoms with Crippen molar-refractivity contribution in [3.8, 4) is 6.07 Å². The number of nitrogens with zero attached hydrogens (tertiary/aromatic N) is 2. The fraction of sp³-hybridized carbons (Fsp3) is 0.350. The smallest absolute Gasteiger partial charge is 0.0683 e. The molecule has 0 saturated heterocycles. The van der Waals surface area contributed by atoms with E-state index in [4.69, 9.17) is 11.0 Å². The number of nitrogens with two attached hydrogens (primary N) is 1. The Morgan fingerprint density at radius 3 is 2.48 bits per heavy atom. The minimum absolute atomic E-state index is 0.808. The summed E-state index contributed by atoms with van der Waals surface area (Å²) in [7, 11) is 0. The molecule has 0 bridgehead atoms. The second-order valence-electron chi connectivity index (χ2n) is 5.81. The number of hydrogen-bond donors (Lipinski definition) is 1. The van der Waals surface area contributed by atoms with Crippen molar-refractivity contribution in [3.05, 3.63) is 70.6 Å². The maximum absolute atomic E-state index is 7.32. The lowest BCUT2D eigenvalue weighted by atomic mass is 9.87. The summed E-state index contributed by atoms with van der Waals surface area (Å²) in [5.74, 6) is 0. The Balaban J connectivity index is 0.000000816. The lowest BCUT2D eigenvalue weighted by Gasteiger charge is -2.39. The standard InChI is InChI=1S/C18H24N2.C2H3N/c1-6-7-12(2)10-16-11-20(9-8-13(16)3)18-15(5)14(4)17(18)19;1-2-3/h6-7,10H,4-5,8-9,11,19H2,1-3H3;1H3/b7-6-,12-10-;. The molecule has 0 unspecified atom stereocenters. The topological polar surface area (TPSA) is 53.0 Å². The van der Waals surface area contributed by atoms with Crippen molar-refractivity contribution in [2.24, 2.45) is 5.73 Å². The van der Waals surface area contributed by atoms with E-state index in [0.717, 1.165) is 42.1 Å². The first-order chi connectivity index (χ1) is 10.9. The molecule has 122 valence electrons. The van der Waals surface area contributed by atoms with Crippen LogP contribution >= 0.6 is 0 Å². The van der Waals surface area contributed by atoms with Gasteiger partial charge in [-0.05, 0) is 32.8 Å². The average Bonchev–Trinajstić information content (AvgIpc) is 2.51. The highest BCUT2D eigenvalue weighted by atomic mass is 15.2. The highest BCUT2D eigenvalue weighted by Gasteiger charge is 2.30. The molecule has 0 aromatic carbocycles. The molecule has 2 rings (SSSR count). The number of hydrogen-bond acceptors (Lipinski definition) is 3. The molecule has 1 aliphatic heterocycles. The fourth-order valence-electron chi connectivity index (χ4n) is 2.74. The summed E-state index contributed by atoms with van der Waals surface area (Å²) < 4.78 is 0. The van der Waals surface area contributed by atoms with Crippen LogP contribution in [0.4, 0.5) is 0 Å². The molecule has 2 N–H and O–H groups in total. The molecule has 0 saturated carbocycles. The zero-order valence-electron chi connectivity index (χ0n) is 14.7. The summed E-state index contributed by atoms with van der Waals surface area (Å²) in [6.45, 7) is 17.7. The lowest BCUT2D eigenvalue weighted by molar-refractivity contribution is 0.358. The van der Waals surface area contributed by atoms with Crippen LogP contribution in [0.5, 0.6) is 0 Å². The number of rotatable bonds is 3. The largest absolute Gasteiger partial charge is 0.397 e. The van der Waals surface area contributed by atoms with Gasteiger partial charge in [0.05, 0.1) is 17.5 Å². The Morgan fingerprint density at radius 1 is 1.35 bits per heavy atom. The molecular weight excluding hydrogens is 282 g/mol. The predicted molar refractivity (Wildman–Crippen MR) is 98.2 cm³/mol. The van der Waals surface area contributed by atoms with Crippen LogP contribution in [0.1, 0.15) is 34.1 Å². The molecule has 1 heterocycles. The van der Waals surface area contributed by atoms with E-state index < -0.39 is 0 Å². The van der Waals surface area contributed by atoms with Crippen molar-refractivity contribution in [3.63, 3.8) is 0 Å². The summed E-state index contributed by atoms with van der Waals surface area (Å²) in [6.07, 6.45) is 7.55. The summed E-state index contributed by atoms with van der Waals surface area (Å²) in [5, 5.41) is 7.32. The molecule has 0 amide bonds. The Labute approximate surface area is 140 Å². The quantitative estimate of drug-likeness (QED) is 0.788. The minimum Gasteiger partial charge on any atom is -0.397 e. The van der Waals surface area contributed by atoms with Crippen LogP contribution in [0, 0.1) is 11.3 Å². The predicted octanol–water partition coefficient (Wildman–Crippen LogP) is 4.36. The first-order valence-electron chi connectivity index (χ1n) is 7.81. The van der Waals surface area contributed by atoms with E-state index in [2.05, 4.69) is 50.1 Å². The number of allylic oxidation sites excluding steroid dienone is 5. The normalized spacial score (nSPS) is 18.7. The average molecular weight is 309 g/mol. The maximum atomic E-state index is 7.32. The van der Waals surface area contributed by atoms with Crippen molar-refractivity contribution in [2.45, 2.75) is 34.1 Å². The highest BCUT2D eigenvalue weighted by Crippen LogP contribution is 2.38. The van der Waals surface area contributed by atoms with Gasteiger partial charge in [0.1, 0.15) is 0 Å². The highest BCUT2D eigenvalue weighted by molar-refractivity contribution is 5.65. The van der Waals surface area contributed by atoms with Crippen LogP contribution in [0.2, 0.25) is 0 Å². The van der Waals surface area contributed by atoms with E-state index >= 15 is 0 Å². The van der Waals surface area contributed by atoms with Crippen molar-refractivity contribution >= 4 is 0 Å². The first-order valence-corrected chi connectivity index (χ1v) is 7.81. The molecule has 0 atom stereocenters. The molecule has 0 aromatic heterocycles. The summed E-state index contributed by atoms with van der Waals surface area (Å²) in [4.78, 5) is 2.33. The Morgan fingerprint density at radius 2 is 1.96 bits per heavy atom. The third-order valence-corrected chi connectivity index (χ3v) is 4.04. The van der Waals surface area contributed by atoms with E-state index in [1.165, 1.54) is 23.6 Å². The molecule has 3 nitrogen and oxygen atoms in total. The summed E-state index contributed by atoms with van der Waals surface area (Å²) in [5.41, 5.74) is 14.0. The van der Waals surface area contributed by atoms with E-state index in [9.17, 15) is 0 Å². The molecule has 0 spiro atoms. The Hall–Kier alpha value is -2.47. The molecule has 0 aromatic rings. The van der Waals surface area contributed by atoms with Crippen LogP contribution in [0.15, 0.2) is 70.6 Å². The van der Waals surface area contributed by atoms with Crippen molar-refractivity contribution in [2.75, 3.05) is 13.1 Å². The Kier molecular flexibility index (Phi) is 6.65. The first kappa shape index (κ1) is 18.6. The second-order valence-corrected chi connectivity index (χ2v) is 5.81. The van der Waals surface area contributed by atoms with E-state index in [1.807, 2.05) is 6.92 Å². The SMILES string of the molecule is C=C1C(=C)C(N2CCC(C)=C(/C=C(C)\C=C/C)C2)=C1N.CC#N. The van der Waals surface area contributed by atoms with Crippen molar-refractivity contribution in [1.82, 2.24) is 4.90 Å². The van der Waals surface area contributed by atoms with Gasteiger partial charge in [-0.25, -0.2) is 0 Å². The molecule has 2 aliphatic rings. The van der Waals surface area contributed by atoms with Crippen LogP contribution in [-0.2, 0) is 0 Å². The molecule has 1 aliphatic carbocycles. The molecule has 23 heavy (non-hydrogen) atoms. The molecule has 0 fully saturated rings. The Bertz CT molecular complexity index is 663. The number of nitriles is 1. The van der Waals surface area contributed by atoms with Gasteiger partial charge in [-0.2, -0.15) is 5.26 Å². The fourth-order valence-corrected chi connectivity index (χ4v) is 2.74. The van der Waals surface area contributed by atoms with E-state index in [0.29, 0.717) is 0 Å². The third kappa shape index (κ3) is 4.26. The summed E-state index contributed by atoms with van der Waals surface area (Å²) >= 11 is 0. The maximum Gasteiger partial charge on any atom is 0.0683 e. The zero-order valence-corrected chi connectivity index (χ0v) is 14.7. The van der Waals surface area contributed by atoms with Crippen LogP contribution < -0.4 is 5.73 Å². The van der Waals surface area contributed by atoms with Crippen molar-refractivity contribution in [1.29, 1.82) is 5.26 Å². The van der Waals surface area contributed by atoms with Gasteiger partial charge in [-0.1, -0.05) is 42.5 Å². The third-order valence-electron chi connectivity index (χ3n) is 4.04. The van der Waals surface area contributed by atoms with Gasteiger partial charge in [0.25, 0.3) is 0 Å². The van der Waals surface area contributed by atoms with Gasteiger partial charge in [0, 0.05) is 31.2 Å². The second kappa shape index (κ2) is 8.24. The van der Waals surface area contributed by atoms with Gasteiger partial charge >= 0.3 is 0 Å². The van der Waals surface area contributed by atoms with Crippen LogP contribution in [0.3, 0.4) is 0 Å². The van der Waals surface area contributed by atoms with Gasteiger partial charge in [-0.15, -0.1) is 0 Å².